The van der Waals surface area contributed by atoms with Gasteiger partial charge in [0.15, 0.2) is 12.6 Å². The van der Waals surface area contributed by atoms with Crippen LogP contribution in [-0.4, -0.2) is 102 Å². The van der Waals surface area contributed by atoms with Crippen molar-refractivity contribution in [3.05, 3.63) is 53.6 Å². The summed E-state index contributed by atoms with van der Waals surface area (Å²) in [7, 11) is 1.45. The molecule has 14 heteroatoms. The number of nitriles is 1. The van der Waals surface area contributed by atoms with Crippen LogP contribution in [0.3, 0.4) is 0 Å². The van der Waals surface area contributed by atoms with Crippen molar-refractivity contribution in [2.24, 2.45) is 0 Å². The van der Waals surface area contributed by atoms with Gasteiger partial charge in [0.05, 0.1) is 29.6 Å². The van der Waals surface area contributed by atoms with E-state index in [1.54, 1.807) is 29.2 Å². The molecule has 0 bridgehead atoms. The second kappa shape index (κ2) is 13.8. The lowest BCUT2D eigenvalue weighted by atomic mass is 9.93. The molecule has 0 spiro atoms. The molecule has 4 aromatic rings. The lowest BCUT2D eigenvalue weighted by molar-refractivity contribution is 0.0512. The number of aromatic nitrogens is 2. The van der Waals surface area contributed by atoms with Gasteiger partial charge in [-0.15, -0.1) is 6.42 Å². The summed E-state index contributed by atoms with van der Waals surface area (Å²) in [4.78, 5) is 26.0. The van der Waals surface area contributed by atoms with Gasteiger partial charge in [-0.2, -0.15) is 15.2 Å². The maximum absolute atomic E-state index is 17.2. The Balaban J connectivity index is 1.40. The number of methoxy groups -OCH3 is 1. The van der Waals surface area contributed by atoms with Crippen LogP contribution in [-0.2, 0) is 4.74 Å². The molecule has 3 aromatic carbocycles. The molecule has 3 atom stereocenters. The summed E-state index contributed by atoms with van der Waals surface area (Å²) in [6.45, 7) is 1.18. The zero-order valence-electron chi connectivity index (χ0n) is 27.9. The zero-order chi connectivity index (χ0) is 35.9. The highest BCUT2D eigenvalue weighted by molar-refractivity contribution is 6.04. The first-order valence-corrected chi connectivity index (χ1v) is 16.6. The molecule has 0 aliphatic carbocycles. The van der Waals surface area contributed by atoms with E-state index in [4.69, 9.17) is 20.6 Å². The van der Waals surface area contributed by atoms with Crippen LogP contribution >= 0.6 is 0 Å². The van der Waals surface area contributed by atoms with Crippen LogP contribution < -0.4 is 14.4 Å². The number of terminal acetylenes is 1. The summed E-state index contributed by atoms with van der Waals surface area (Å²) in [5.41, 5.74) is -0.647. The van der Waals surface area contributed by atoms with Crippen LogP contribution in [0.1, 0.15) is 31.2 Å². The number of piperazine rings is 1. The van der Waals surface area contributed by atoms with Crippen LogP contribution in [0.5, 0.6) is 11.8 Å². The summed E-state index contributed by atoms with van der Waals surface area (Å²) in [6.07, 6.45) is 5.45. The highest BCUT2D eigenvalue weighted by Crippen LogP contribution is 2.43. The van der Waals surface area contributed by atoms with Gasteiger partial charge < -0.3 is 29.1 Å². The average Bonchev–Trinajstić information content (AvgIpc) is 3.65. The van der Waals surface area contributed by atoms with E-state index in [2.05, 4.69) is 20.8 Å². The lowest BCUT2D eigenvalue weighted by Crippen LogP contribution is -2.55. The Morgan fingerprint density at radius 2 is 2.00 bits per heavy atom. The molecule has 3 aliphatic rings. The summed E-state index contributed by atoms with van der Waals surface area (Å²) >= 11 is 0. The molecule has 0 unspecified atom stereocenters. The minimum Gasteiger partial charge on any atom is -0.468 e. The second-order valence-corrected chi connectivity index (χ2v) is 13.1. The molecule has 51 heavy (non-hydrogen) atoms. The van der Waals surface area contributed by atoms with Crippen molar-refractivity contribution in [3.8, 4) is 41.3 Å². The highest BCUT2D eigenvalue weighted by Gasteiger charge is 2.49. The van der Waals surface area contributed by atoms with Crippen LogP contribution in [0.15, 0.2) is 36.4 Å². The van der Waals surface area contributed by atoms with Crippen LogP contribution in [0, 0.1) is 35.3 Å². The van der Waals surface area contributed by atoms with Crippen molar-refractivity contribution in [3.63, 3.8) is 0 Å². The molecular weight excluding hydrogens is 665 g/mol. The van der Waals surface area contributed by atoms with Crippen LogP contribution in [0.25, 0.3) is 32.8 Å². The van der Waals surface area contributed by atoms with E-state index >= 15 is 8.78 Å². The van der Waals surface area contributed by atoms with Gasteiger partial charge in [-0.1, -0.05) is 18.1 Å². The first kappa shape index (κ1) is 34.2. The van der Waals surface area contributed by atoms with Gasteiger partial charge in [0, 0.05) is 61.6 Å². The molecule has 3 aliphatic heterocycles. The highest BCUT2D eigenvalue weighted by atomic mass is 19.1. The zero-order valence-corrected chi connectivity index (χ0v) is 27.9. The Labute approximate surface area is 292 Å². The van der Waals surface area contributed by atoms with E-state index in [9.17, 15) is 19.6 Å². The Hall–Kier alpha value is -5.31. The number of benzene rings is 3. The number of alkyl halides is 1. The van der Waals surface area contributed by atoms with Crippen molar-refractivity contribution < 1.29 is 37.3 Å². The molecule has 3 saturated heterocycles. The molecular formula is C37H35F3N6O5. The molecule has 0 radical (unpaired) electrons. The number of rotatable bonds is 9. The number of ether oxygens (including phenoxy) is 3. The predicted molar refractivity (Wildman–Crippen MR) is 182 cm³/mol. The third-order valence-corrected chi connectivity index (χ3v) is 10.1. The number of fused-ring (bicyclic) bond motifs is 3. The van der Waals surface area contributed by atoms with Gasteiger partial charge in [0.1, 0.15) is 35.7 Å². The minimum atomic E-state index is -1.17. The number of hydrogen-bond acceptors (Lipinski definition) is 9. The molecule has 264 valence electrons. The summed E-state index contributed by atoms with van der Waals surface area (Å²) in [5.74, 6) is 1.10. The van der Waals surface area contributed by atoms with E-state index in [0.717, 1.165) is 25.5 Å². The van der Waals surface area contributed by atoms with Gasteiger partial charge in [-0.25, -0.2) is 18.0 Å². The lowest BCUT2D eigenvalue weighted by Gasteiger charge is -2.40. The van der Waals surface area contributed by atoms with Gasteiger partial charge in [-0.3, -0.25) is 4.90 Å². The fourth-order valence-corrected chi connectivity index (χ4v) is 7.87. The third-order valence-electron chi connectivity index (χ3n) is 10.1. The first-order valence-electron chi connectivity index (χ1n) is 16.6. The predicted octanol–water partition coefficient (Wildman–Crippen LogP) is 5.73. The molecule has 7 rings (SSSR count). The second-order valence-electron chi connectivity index (χ2n) is 13.1. The van der Waals surface area contributed by atoms with Crippen LogP contribution in [0.2, 0.25) is 0 Å². The molecule has 1 amide bonds. The molecule has 1 aromatic heterocycles. The third kappa shape index (κ3) is 6.19. The number of carbonyl (C=O) groups is 1. The Bertz CT molecular complexity index is 2100. The van der Waals surface area contributed by atoms with E-state index in [-0.39, 0.29) is 74.2 Å². The number of carboxylic acid groups (broad SMARTS) is 1. The summed E-state index contributed by atoms with van der Waals surface area (Å²) < 4.78 is 65.2. The number of halogens is 3. The number of anilines is 1. The van der Waals surface area contributed by atoms with Gasteiger partial charge >= 0.3 is 12.1 Å². The quantitative estimate of drug-likeness (QED) is 0.171. The van der Waals surface area contributed by atoms with Gasteiger partial charge in [0.25, 0.3) is 0 Å². The summed E-state index contributed by atoms with van der Waals surface area (Å²) in [6, 6.07) is 10.6. The van der Waals surface area contributed by atoms with Crippen molar-refractivity contribution in [2.45, 2.75) is 43.4 Å². The maximum atomic E-state index is 17.2. The van der Waals surface area contributed by atoms with Gasteiger partial charge in [-0.05, 0) is 49.0 Å². The minimum absolute atomic E-state index is 0.0253. The monoisotopic (exact) mass is 700 g/mol. The van der Waals surface area contributed by atoms with Crippen LogP contribution in [0.4, 0.5) is 23.8 Å². The molecule has 3 fully saturated rings. The standard InChI is InChI=1S/C37H35F3N6O5/c1-3-22-6-4-7-23-14-26(51-21-49-2)15-27(30(22)23)31-29(39)16-28-33(32(31)40)42-35(50-20-37-9-5-11-45(37)18-24(38)17-37)43-34(28)44-12-13-46(36(47)48)25(19-44)8-10-41/h1,4,6-7,14-16,24-25H,5,8-9,11-13,17-21H2,2H3,(H,47,48)/t24-,25+,37+/m1/s1. The maximum Gasteiger partial charge on any atom is 0.407 e. The van der Waals surface area contributed by atoms with E-state index in [1.165, 1.54) is 18.1 Å². The largest absolute Gasteiger partial charge is 0.468 e. The Morgan fingerprint density at radius 1 is 1.16 bits per heavy atom. The normalized spacial score (nSPS) is 21.8. The molecule has 1 N–H and O–H groups in total. The molecule has 11 nitrogen and oxygen atoms in total. The van der Waals surface area contributed by atoms with E-state index < -0.39 is 41.0 Å². The topological polar surface area (TPSA) is 124 Å². The van der Waals surface area contributed by atoms with Crippen molar-refractivity contribution >= 4 is 33.6 Å². The van der Waals surface area contributed by atoms with Crippen molar-refractivity contribution in [1.82, 2.24) is 19.8 Å². The fraction of sp³-hybridized carbons (Fsp3) is 0.405. The SMILES string of the molecule is C#Cc1cccc2cc(OCOC)cc(-c3c(F)cc4c(N5CCN(C(=O)O)[C@@H](CC#N)C5)nc(OC[C@@]56CCCN5C[C@H](F)C6)nc4c3F)c12. The number of nitrogens with zero attached hydrogens (tertiary/aromatic N) is 6. The molecule has 4 heterocycles. The smallest absolute Gasteiger partial charge is 0.407 e. The summed E-state index contributed by atoms with van der Waals surface area (Å²) in [5, 5.41) is 20.3. The first-order chi connectivity index (χ1) is 24.7. The number of amides is 1. The van der Waals surface area contributed by atoms with Crippen molar-refractivity contribution in [1.29, 1.82) is 5.26 Å². The molecule has 0 saturated carbocycles. The van der Waals surface area contributed by atoms with Gasteiger partial charge in [0.2, 0.25) is 0 Å². The number of hydrogen-bond donors (Lipinski definition) is 1. The van der Waals surface area contributed by atoms with E-state index in [0.29, 0.717) is 28.6 Å². The van der Waals surface area contributed by atoms with Crippen molar-refractivity contribution in [2.75, 3.05) is 58.1 Å². The average molecular weight is 701 g/mol. The Morgan fingerprint density at radius 3 is 2.76 bits per heavy atom. The Kier molecular flexibility index (Phi) is 9.23. The van der Waals surface area contributed by atoms with E-state index in [1.807, 2.05) is 6.07 Å². The fourth-order valence-electron chi connectivity index (χ4n) is 7.87.